The van der Waals surface area contributed by atoms with Gasteiger partial charge in [0.2, 0.25) is 5.91 Å². The van der Waals surface area contributed by atoms with Crippen molar-refractivity contribution in [2.24, 2.45) is 0 Å². The molecular formula is C27H27N5O4S. The molecule has 5 rings (SSSR count). The van der Waals surface area contributed by atoms with E-state index in [1.165, 1.54) is 12.1 Å². The first-order valence-corrected chi connectivity index (χ1v) is 13.7. The number of rotatable bonds is 6. The molecule has 0 spiro atoms. The molecule has 10 heteroatoms. The fourth-order valence-corrected chi connectivity index (χ4v) is 5.64. The molecule has 1 N–H and O–H groups in total. The van der Waals surface area contributed by atoms with E-state index in [4.69, 9.17) is 0 Å². The molecule has 0 saturated carbocycles. The molecule has 0 bridgehead atoms. The van der Waals surface area contributed by atoms with Crippen LogP contribution in [0.1, 0.15) is 53.1 Å². The Balaban J connectivity index is 1.34. The van der Waals surface area contributed by atoms with Crippen LogP contribution in [0.25, 0.3) is 5.65 Å². The molecule has 3 heterocycles. The van der Waals surface area contributed by atoms with Crippen LogP contribution in [-0.4, -0.2) is 45.4 Å². The number of carbonyl (C=O) groups is 2. The molecular weight excluding hydrogens is 490 g/mol. The number of amides is 1. The highest BCUT2D eigenvalue weighted by atomic mass is 32.2. The topological polar surface area (TPSA) is 123 Å². The average molecular weight is 518 g/mol. The van der Waals surface area contributed by atoms with E-state index in [9.17, 15) is 18.0 Å². The van der Waals surface area contributed by atoms with Gasteiger partial charge in [-0.25, -0.2) is 22.9 Å². The Bertz CT molecular complexity index is 1640. The van der Waals surface area contributed by atoms with Crippen LogP contribution in [0.4, 0.5) is 5.82 Å². The van der Waals surface area contributed by atoms with Crippen molar-refractivity contribution in [3.05, 3.63) is 82.9 Å². The number of hydrogen-bond donors (Lipinski definition) is 1. The monoisotopic (exact) mass is 517 g/mol. The zero-order valence-electron chi connectivity index (χ0n) is 20.9. The molecule has 0 aliphatic heterocycles. The third-order valence-electron chi connectivity index (χ3n) is 7.00. The SMILES string of the molecule is CCS(=O)(=O)c1ccc(CC(=O)Nc2cc(C)c3c(n2)CCC(C)(c2ccc4nccn4n2)C3=O)cc1. The number of hydrogen-bond acceptors (Lipinski definition) is 7. The van der Waals surface area contributed by atoms with Gasteiger partial charge in [0, 0.05) is 18.0 Å². The lowest BCUT2D eigenvalue weighted by molar-refractivity contribution is -0.115. The molecule has 190 valence electrons. The van der Waals surface area contributed by atoms with Gasteiger partial charge >= 0.3 is 0 Å². The van der Waals surface area contributed by atoms with Crippen molar-refractivity contribution < 1.29 is 18.0 Å². The fraction of sp³-hybridized carbons (Fsp3) is 0.296. The zero-order valence-corrected chi connectivity index (χ0v) is 21.7. The number of anilines is 1. The molecule has 4 aromatic rings. The Hall–Kier alpha value is -3.92. The quantitative estimate of drug-likeness (QED) is 0.415. The maximum atomic E-state index is 13.7. The Morgan fingerprint density at radius 2 is 1.92 bits per heavy atom. The van der Waals surface area contributed by atoms with Gasteiger partial charge in [0.15, 0.2) is 21.3 Å². The van der Waals surface area contributed by atoms with Crippen LogP contribution in [0, 0.1) is 6.92 Å². The number of ketones is 1. The minimum absolute atomic E-state index is 0.0220. The summed E-state index contributed by atoms with van der Waals surface area (Å²) in [5.74, 6) is 0.100. The lowest BCUT2D eigenvalue weighted by Crippen LogP contribution is -2.39. The number of imidazole rings is 1. The molecule has 3 aromatic heterocycles. The molecule has 1 aromatic carbocycles. The van der Waals surface area contributed by atoms with Gasteiger partial charge in [-0.1, -0.05) is 19.1 Å². The van der Waals surface area contributed by atoms with Crippen molar-refractivity contribution in [1.29, 1.82) is 0 Å². The lowest BCUT2D eigenvalue weighted by atomic mass is 9.70. The Morgan fingerprint density at radius 3 is 2.65 bits per heavy atom. The largest absolute Gasteiger partial charge is 0.310 e. The van der Waals surface area contributed by atoms with E-state index in [0.29, 0.717) is 41.2 Å². The van der Waals surface area contributed by atoms with Gasteiger partial charge in [0.05, 0.1) is 33.9 Å². The fourth-order valence-electron chi connectivity index (χ4n) is 4.76. The summed E-state index contributed by atoms with van der Waals surface area (Å²) in [6.45, 7) is 5.35. The molecule has 1 amide bonds. The van der Waals surface area contributed by atoms with Crippen LogP contribution < -0.4 is 5.32 Å². The van der Waals surface area contributed by atoms with E-state index < -0.39 is 15.3 Å². The van der Waals surface area contributed by atoms with Crippen LogP contribution >= 0.6 is 0 Å². The minimum Gasteiger partial charge on any atom is -0.310 e. The predicted molar refractivity (Wildman–Crippen MR) is 138 cm³/mol. The zero-order chi connectivity index (χ0) is 26.4. The van der Waals surface area contributed by atoms with Gasteiger partial charge < -0.3 is 5.32 Å². The second-order valence-corrected chi connectivity index (χ2v) is 11.8. The maximum Gasteiger partial charge on any atom is 0.229 e. The molecule has 9 nitrogen and oxygen atoms in total. The van der Waals surface area contributed by atoms with Crippen LogP contribution in [0.2, 0.25) is 0 Å². The third-order valence-corrected chi connectivity index (χ3v) is 8.75. The Morgan fingerprint density at radius 1 is 1.16 bits per heavy atom. The molecule has 0 radical (unpaired) electrons. The van der Waals surface area contributed by atoms with E-state index in [2.05, 4.69) is 20.4 Å². The van der Waals surface area contributed by atoms with Crippen molar-refractivity contribution in [3.8, 4) is 0 Å². The molecule has 1 unspecified atom stereocenters. The minimum atomic E-state index is -3.29. The molecule has 1 aliphatic carbocycles. The molecule has 1 aliphatic rings. The summed E-state index contributed by atoms with van der Waals surface area (Å²) >= 11 is 0. The number of nitrogens with zero attached hydrogens (tertiary/aromatic N) is 4. The lowest BCUT2D eigenvalue weighted by Gasteiger charge is -2.33. The number of aryl methyl sites for hydroxylation is 2. The number of aromatic nitrogens is 4. The van der Waals surface area contributed by atoms with Crippen LogP contribution in [0.3, 0.4) is 0 Å². The van der Waals surface area contributed by atoms with Gasteiger partial charge in [-0.3, -0.25) is 9.59 Å². The highest BCUT2D eigenvalue weighted by molar-refractivity contribution is 7.91. The maximum absolute atomic E-state index is 13.7. The summed E-state index contributed by atoms with van der Waals surface area (Å²) in [6, 6.07) is 11.7. The second kappa shape index (κ2) is 9.19. The average Bonchev–Trinajstić information content (AvgIpc) is 3.34. The number of pyridine rings is 1. The highest BCUT2D eigenvalue weighted by Gasteiger charge is 2.43. The summed E-state index contributed by atoms with van der Waals surface area (Å²) in [5, 5.41) is 7.45. The first-order valence-electron chi connectivity index (χ1n) is 12.1. The Labute approximate surface area is 214 Å². The van der Waals surface area contributed by atoms with E-state index in [0.717, 1.165) is 11.2 Å². The van der Waals surface area contributed by atoms with Gasteiger partial charge in [-0.05, 0) is 68.1 Å². The summed E-state index contributed by atoms with van der Waals surface area (Å²) in [6.07, 6.45) is 4.61. The summed E-state index contributed by atoms with van der Waals surface area (Å²) in [7, 11) is -3.29. The van der Waals surface area contributed by atoms with Crippen LogP contribution in [-0.2, 0) is 32.9 Å². The molecule has 1 atom stereocenters. The van der Waals surface area contributed by atoms with Crippen LogP contribution in [0.5, 0.6) is 0 Å². The highest BCUT2D eigenvalue weighted by Crippen LogP contribution is 2.38. The molecule has 37 heavy (non-hydrogen) atoms. The number of Topliss-reactive ketones (excluding diaryl/α,β-unsaturated/α-hetero) is 1. The summed E-state index contributed by atoms with van der Waals surface area (Å²) in [4.78, 5) is 35.4. The van der Waals surface area contributed by atoms with Gasteiger partial charge in [0.25, 0.3) is 0 Å². The van der Waals surface area contributed by atoms with E-state index in [1.54, 1.807) is 42.0 Å². The molecule has 0 saturated heterocycles. The predicted octanol–water partition coefficient (Wildman–Crippen LogP) is 3.49. The van der Waals surface area contributed by atoms with Crippen molar-refractivity contribution in [1.82, 2.24) is 19.6 Å². The van der Waals surface area contributed by atoms with Gasteiger partial charge in [-0.2, -0.15) is 5.10 Å². The van der Waals surface area contributed by atoms with E-state index >= 15 is 0 Å². The normalized spacial score (nSPS) is 17.5. The van der Waals surface area contributed by atoms with Gasteiger partial charge in [-0.15, -0.1) is 0 Å². The first-order chi connectivity index (χ1) is 17.6. The van der Waals surface area contributed by atoms with E-state index in [1.807, 2.05) is 26.0 Å². The standard InChI is InChI=1S/C27H27N5O4S/c1-4-37(35,36)19-7-5-18(6-8-19)16-24(33)30-22-15-17(2)25-20(29-22)11-12-27(3,26(25)34)21-9-10-23-28-13-14-32(23)31-21/h5-10,13-15H,4,11-12,16H2,1-3H3,(H,29,30,33). The van der Waals surface area contributed by atoms with E-state index in [-0.39, 0.29) is 28.8 Å². The number of fused-ring (bicyclic) bond motifs is 2. The van der Waals surface area contributed by atoms with Crippen molar-refractivity contribution in [3.63, 3.8) is 0 Å². The number of nitrogens with one attached hydrogen (secondary N) is 1. The summed E-state index contributed by atoms with van der Waals surface area (Å²) in [5.41, 5.74) is 3.28. The number of carbonyl (C=O) groups excluding carboxylic acids is 2. The van der Waals surface area contributed by atoms with Crippen LogP contribution in [0.15, 0.2) is 59.8 Å². The summed E-state index contributed by atoms with van der Waals surface area (Å²) < 4.78 is 25.7. The Kier molecular flexibility index (Phi) is 6.15. The number of sulfone groups is 1. The first kappa shape index (κ1) is 24.8. The van der Waals surface area contributed by atoms with Gasteiger partial charge in [0.1, 0.15) is 5.82 Å². The molecule has 0 fully saturated rings. The second-order valence-electron chi connectivity index (χ2n) is 9.53. The number of benzene rings is 1. The third kappa shape index (κ3) is 4.53. The van der Waals surface area contributed by atoms with Crippen molar-refractivity contribution in [2.75, 3.05) is 11.1 Å². The smallest absolute Gasteiger partial charge is 0.229 e. The van der Waals surface area contributed by atoms with Crippen molar-refractivity contribution in [2.45, 2.75) is 50.3 Å². The van der Waals surface area contributed by atoms with Crippen molar-refractivity contribution >= 4 is 33.0 Å².